The molecule has 0 aromatic heterocycles. The Labute approximate surface area is 201 Å². The number of fused-ring (bicyclic) bond motifs is 2. The predicted molar refractivity (Wildman–Crippen MR) is 126 cm³/mol. The Morgan fingerprint density at radius 3 is 2.68 bits per heavy atom. The summed E-state index contributed by atoms with van der Waals surface area (Å²) < 4.78 is 12.4. The van der Waals surface area contributed by atoms with E-state index in [1.807, 2.05) is 43.1 Å². The molecule has 34 heavy (non-hydrogen) atoms. The molecule has 2 saturated heterocycles. The van der Waals surface area contributed by atoms with E-state index in [9.17, 15) is 19.5 Å². The fourth-order valence-electron chi connectivity index (χ4n) is 6.27. The highest BCUT2D eigenvalue weighted by Crippen LogP contribution is 2.57. The first-order valence-corrected chi connectivity index (χ1v) is 12.7. The van der Waals surface area contributed by atoms with Gasteiger partial charge in [-0.2, -0.15) is 0 Å². The summed E-state index contributed by atoms with van der Waals surface area (Å²) in [6, 6.07) is -0.876. The van der Waals surface area contributed by atoms with E-state index >= 15 is 0 Å². The summed E-state index contributed by atoms with van der Waals surface area (Å²) in [6.07, 6.45) is 12.3. The van der Waals surface area contributed by atoms with Gasteiger partial charge in [-0.05, 0) is 46.0 Å². The molecule has 0 radical (unpaired) electrons. The number of allylic oxidation sites excluding steroid dienone is 1. The minimum absolute atomic E-state index is 0.00805. The number of rotatable bonds is 6. The van der Waals surface area contributed by atoms with E-state index in [1.54, 1.807) is 4.90 Å². The number of aliphatic hydroxyl groups is 1. The molecule has 2 unspecified atom stereocenters. The fourth-order valence-corrected chi connectivity index (χ4v) is 6.27. The second-order valence-electron chi connectivity index (χ2n) is 10.2. The highest BCUT2D eigenvalue weighted by Gasteiger charge is 2.74. The van der Waals surface area contributed by atoms with Crippen LogP contribution in [-0.2, 0) is 23.9 Å². The Kier molecular flexibility index (Phi) is 7.20. The van der Waals surface area contributed by atoms with Crippen molar-refractivity contribution in [3.63, 3.8) is 0 Å². The molecule has 8 heteroatoms. The van der Waals surface area contributed by atoms with Gasteiger partial charge in [0.1, 0.15) is 17.6 Å². The largest absolute Gasteiger partial charge is 0.465 e. The van der Waals surface area contributed by atoms with Crippen LogP contribution < -0.4 is 0 Å². The molecule has 0 aliphatic carbocycles. The minimum atomic E-state index is -1.26. The van der Waals surface area contributed by atoms with Crippen molar-refractivity contribution < 1.29 is 29.0 Å². The van der Waals surface area contributed by atoms with Crippen LogP contribution in [0.2, 0.25) is 0 Å². The number of carbonyl (C=O) groups excluding carboxylic acids is 3. The average molecular weight is 475 g/mol. The van der Waals surface area contributed by atoms with E-state index in [0.717, 1.165) is 32.1 Å². The van der Waals surface area contributed by atoms with Gasteiger partial charge in [-0.15, -0.1) is 0 Å². The molecule has 0 aromatic carbocycles. The van der Waals surface area contributed by atoms with Crippen LogP contribution in [-0.4, -0.2) is 82.3 Å². The van der Waals surface area contributed by atoms with E-state index in [1.165, 1.54) is 0 Å². The van der Waals surface area contributed by atoms with Gasteiger partial charge in [0.15, 0.2) is 0 Å². The molecule has 1 N–H and O–H groups in total. The van der Waals surface area contributed by atoms with Gasteiger partial charge in [-0.3, -0.25) is 14.4 Å². The Morgan fingerprint density at radius 2 is 1.94 bits per heavy atom. The lowest BCUT2D eigenvalue weighted by molar-refractivity contribution is -0.160. The highest BCUT2D eigenvalue weighted by atomic mass is 16.6. The molecule has 8 nitrogen and oxygen atoms in total. The van der Waals surface area contributed by atoms with Gasteiger partial charge < -0.3 is 24.4 Å². The lowest BCUT2D eigenvalue weighted by atomic mass is 9.74. The van der Waals surface area contributed by atoms with Gasteiger partial charge in [-0.25, -0.2) is 0 Å². The first kappa shape index (κ1) is 24.9. The number of amides is 2. The highest BCUT2D eigenvalue weighted by molar-refractivity contribution is 5.99. The monoisotopic (exact) mass is 474 g/mol. The SMILES string of the molecule is CCCC(C)N1CC=C[C@]23O[C@@]4(C)/C=C\CCCCOC(=O)[C@H]4[C@H]2C(=O)N(CCCO)C3C1=O. The van der Waals surface area contributed by atoms with Crippen molar-refractivity contribution in [1.82, 2.24) is 9.80 Å². The van der Waals surface area contributed by atoms with Gasteiger partial charge in [0.25, 0.3) is 0 Å². The third-order valence-corrected chi connectivity index (χ3v) is 7.83. The number of carbonyl (C=O) groups is 3. The van der Waals surface area contributed by atoms with Crippen molar-refractivity contribution in [1.29, 1.82) is 0 Å². The first-order valence-electron chi connectivity index (χ1n) is 12.7. The third kappa shape index (κ3) is 3.98. The maximum absolute atomic E-state index is 14.1. The number of nitrogens with zero attached hydrogens (tertiary/aromatic N) is 2. The second kappa shape index (κ2) is 9.82. The van der Waals surface area contributed by atoms with Crippen molar-refractivity contribution in [3.8, 4) is 0 Å². The average Bonchev–Trinajstić information content (AvgIpc) is 3.12. The van der Waals surface area contributed by atoms with Crippen molar-refractivity contribution in [2.24, 2.45) is 11.8 Å². The van der Waals surface area contributed by atoms with Gasteiger partial charge in [-0.1, -0.05) is 37.6 Å². The number of aliphatic hydroxyl groups excluding tert-OH is 1. The normalized spacial score (nSPS) is 37.5. The summed E-state index contributed by atoms with van der Waals surface area (Å²) in [5.41, 5.74) is -2.33. The smallest absolute Gasteiger partial charge is 0.313 e. The number of hydrogen-bond donors (Lipinski definition) is 1. The zero-order valence-corrected chi connectivity index (χ0v) is 20.6. The van der Waals surface area contributed by atoms with Crippen LogP contribution in [0, 0.1) is 11.8 Å². The van der Waals surface area contributed by atoms with Crippen LogP contribution in [0.15, 0.2) is 24.3 Å². The van der Waals surface area contributed by atoms with E-state index in [2.05, 4.69) is 6.92 Å². The number of cyclic esters (lactones) is 1. The maximum atomic E-state index is 14.1. The summed E-state index contributed by atoms with van der Waals surface area (Å²) in [6.45, 7) is 6.80. The Bertz CT molecular complexity index is 871. The lowest BCUT2D eigenvalue weighted by Gasteiger charge is -2.38. The molecule has 4 heterocycles. The van der Waals surface area contributed by atoms with Gasteiger partial charge in [0.2, 0.25) is 11.8 Å². The molecule has 2 fully saturated rings. The Hall–Kier alpha value is -2.19. The molecule has 2 amide bonds. The summed E-state index contributed by atoms with van der Waals surface area (Å²) in [4.78, 5) is 44.7. The Balaban J connectivity index is 1.82. The van der Waals surface area contributed by atoms with Gasteiger partial charge >= 0.3 is 5.97 Å². The van der Waals surface area contributed by atoms with Crippen molar-refractivity contribution >= 4 is 17.8 Å². The van der Waals surface area contributed by atoms with Crippen LogP contribution in [0.3, 0.4) is 0 Å². The molecule has 0 aromatic rings. The molecular formula is C26H38N2O6. The Morgan fingerprint density at radius 1 is 1.15 bits per heavy atom. The standard InChI is InChI=1S/C26H38N2O6/c1-4-11-18(2)27-14-9-13-26-19(22(30)28(15-10-16-29)21(26)23(27)31)20-24(32)33-17-8-6-5-7-12-25(20,3)34-26/h7,9,12-13,18-21,29H,4-6,8,10-11,14-17H2,1-3H3/b12-7-/t18?,19-,20+,21?,25-,26-/m0/s1. The van der Waals surface area contributed by atoms with E-state index in [0.29, 0.717) is 19.6 Å². The molecule has 4 aliphatic rings. The van der Waals surface area contributed by atoms with Crippen molar-refractivity contribution in [2.45, 2.75) is 82.6 Å². The lowest BCUT2D eigenvalue weighted by Crippen LogP contribution is -2.57. The van der Waals surface area contributed by atoms with Crippen LogP contribution >= 0.6 is 0 Å². The summed E-state index contributed by atoms with van der Waals surface area (Å²) in [5.74, 6) is -2.61. The van der Waals surface area contributed by atoms with Crippen LogP contribution in [0.1, 0.15) is 59.3 Å². The molecule has 1 spiro atoms. The fraction of sp³-hybridized carbons (Fsp3) is 0.731. The zero-order chi connectivity index (χ0) is 24.5. The molecule has 0 bridgehead atoms. The summed E-state index contributed by atoms with van der Waals surface area (Å²) >= 11 is 0. The van der Waals surface area contributed by atoms with E-state index < -0.39 is 35.0 Å². The van der Waals surface area contributed by atoms with Crippen LogP contribution in [0.4, 0.5) is 0 Å². The van der Waals surface area contributed by atoms with E-state index in [-0.39, 0.29) is 31.0 Å². The molecule has 188 valence electrons. The van der Waals surface area contributed by atoms with Crippen LogP contribution in [0.5, 0.6) is 0 Å². The first-order chi connectivity index (χ1) is 16.3. The number of ether oxygens (including phenoxy) is 2. The summed E-state index contributed by atoms with van der Waals surface area (Å²) in [7, 11) is 0. The van der Waals surface area contributed by atoms with Crippen LogP contribution in [0.25, 0.3) is 0 Å². The van der Waals surface area contributed by atoms with Gasteiger partial charge in [0.05, 0.1) is 18.1 Å². The van der Waals surface area contributed by atoms with E-state index in [4.69, 9.17) is 9.47 Å². The molecular weight excluding hydrogens is 436 g/mol. The zero-order valence-electron chi connectivity index (χ0n) is 20.6. The topological polar surface area (TPSA) is 96.4 Å². The summed E-state index contributed by atoms with van der Waals surface area (Å²) in [5, 5.41) is 9.48. The number of hydrogen-bond acceptors (Lipinski definition) is 6. The number of likely N-dealkylation sites (tertiary alicyclic amines) is 1. The molecule has 4 rings (SSSR count). The molecule has 4 aliphatic heterocycles. The predicted octanol–water partition coefficient (Wildman–Crippen LogP) is 2.21. The molecule has 6 atom stereocenters. The quantitative estimate of drug-likeness (QED) is 0.468. The third-order valence-electron chi connectivity index (χ3n) is 7.83. The van der Waals surface area contributed by atoms with Crippen molar-refractivity contribution in [2.75, 3.05) is 26.3 Å². The number of esters is 1. The van der Waals surface area contributed by atoms with Crippen molar-refractivity contribution in [3.05, 3.63) is 24.3 Å². The minimum Gasteiger partial charge on any atom is -0.465 e. The van der Waals surface area contributed by atoms with Gasteiger partial charge in [0, 0.05) is 25.7 Å². The maximum Gasteiger partial charge on any atom is 0.313 e. The molecule has 0 saturated carbocycles. The second-order valence-corrected chi connectivity index (χ2v) is 10.2.